The zero-order chi connectivity index (χ0) is 21.2. The highest BCUT2D eigenvalue weighted by Gasteiger charge is 2.30. The molecule has 1 aliphatic carbocycles. The Morgan fingerprint density at radius 1 is 1.13 bits per heavy atom. The Morgan fingerprint density at radius 3 is 2.52 bits per heavy atom. The van der Waals surface area contributed by atoms with Crippen LogP contribution < -0.4 is 5.32 Å². The molecule has 1 amide bonds. The van der Waals surface area contributed by atoms with Crippen LogP contribution in [-0.4, -0.2) is 16.0 Å². The molecule has 2 aromatic carbocycles. The molecule has 154 valence electrons. The topological polar surface area (TPSA) is 68.0 Å². The van der Waals surface area contributed by atoms with Gasteiger partial charge in [-0.25, -0.2) is 4.98 Å². The summed E-state index contributed by atoms with van der Waals surface area (Å²) >= 11 is 0. The largest absolute Gasteiger partial charge is 0.345 e. The van der Waals surface area contributed by atoms with Crippen molar-refractivity contribution in [3.05, 3.63) is 96.2 Å². The van der Waals surface area contributed by atoms with Gasteiger partial charge in [-0.3, -0.25) is 4.79 Å². The number of hydrogen-bond donors (Lipinski definition) is 1. The lowest BCUT2D eigenvalue weighted by atomic mass is 10.0. The maximum Gasteiger partial charge on any atom is 0.259 e. The van der Waals surface area contributed by atoms with E-state index in [0.717, 1.165) is 29.7 Å². The predicted molar refractivity (Wildman–Crippen MR) is 121 cm³/mol. The lowest BCUT2D eigenvalue weighted by Gasteiger charge is -2.18. The molecule has 0 aliphatic heterocycles. The van der Waals surface area contributed by atoms with Crippen LogP contribution in [0.3, 0.4) is 0 Å². The summed E-state index contributed by atoms with van der Waals surface area (Å²) in [7, 11) is 0. The SMILES string of the molecule is C=CC[C@H](NC(=O)c1cc(C2CC2)nc2onc(-c3ccccc3)c12)c1ccccc1. The first-order valence-corrected chi connectivity index (χ1v) is 10.6. The summed E-state index contributed by atoms with van der Waals surface area (Å²) in [4.78, 5) is 18.2. The fraction of sp³-hybridized carbons (Fsp3) is 0.192. The first-order valence-electron chi connectivity index (χ1n) is 10.6. The summed E-state index contributed by atoms with van der Waals surface area (Å²) in [6.07, 6.45) is 4.63. The molecular formula is C26H23N3O2. The second kappa shape index (κ2) is 8.19. The van der Waals surface area contributed by atoms with E-state index >= 15 is 0 Å². The van der Waals surface area contributed by atoms with Gasteiger partial charge in [-0.1, -0.05) is 71.9 Å². The van der Waals surface area contributed by atoms with Crippen molar-refractivity contribution in [2.24, 2.45) is 0 Å². The number of amides is 1. The van der Waals surface area contributed by atoms with Crippen molar-refractivity contribution in [2.45, 2.75) is 31.2 Å². The average molecular weight is 409 g/mol. The van der Waals surface area contributed by atoms with Crippen LogP contribution in [0.1, 0.15) is 52.8 Å². The number of carbonyl (C=O) groups excluding carboxylic acids is 1. The summed E-state index contributed by atoms with van der Waals surface area (Å²) < 4.78 is 5.59. The number of nitrogens with one attached hydrogen (secondary N) is 1. The van der Waals surface area contributed by atoms with Gasteiger partial charge in [0.2, 0.25) is 0 Å². The van der Waals surface area contributed by atoms with Crippen LogP contribution in [0.5, 0.6) is 0 Å². The van der Waals surface area contributed by atoms with Gasteiger partial charge < -0.3 is 9.84 Å². The Hall–Kier alpha value is -3.73. The number of fused-ring (bicyclic) bond motifs is 1. The smallest absolute Gasteiger partial charge is 0.259 e. The molecule has 4 aromatic rings. The normalized spacial score (nSPS) is 14.3. The molecule has 0 spiro atoms. The van der Waals surface area contributed by atoms with Gasteiger partial charge in [-0.05, 0) is 30.9 Å². The Labute approximate surface area is 180 Å². The molecule has 0 radical (unpaired) electrons. The lowest BCUT2D eigenvalue weighted by Crippen LogP contribution is -2.28. The fourth-order valence-electron chi connectivity index (χ4n) is 3.90. The van der Waals surface area contributed by atoms with Crippen molar-refractivity contribution in [2.75, 3.05) is 0 Å². The fourth-order valence-corrected chi connectivity index (χ4v) is 3.90. The summed E-state index contributed by atoms with van der Waals surface area (Å²) in [5.74, 6) is 0.227. The Balaban J connectivity index is 1.59. The molecule has 1 N–H and O–H groups in total. The zero-order valence-electron chi connectivity index (χ0n) is 17.1. The number of carbonyl (C=O) groups is 1. The average Bonchev–Trinajstić information content (AvgIpc) is 3.58. The van der Waals surface area contributed by atoms with E-state index in [9.17, 15) is 4.79 Å². The first kappa shape index (κ1) is 19.2. The van der Waals surface area contributed by atoms with Gasteiger partial charge in [0.15, 0.2) is 0 Å². The van der Waals surface area contributed by atoms with Gasteiger partial charge in [0.05, 0.1) is 17.0 Å². The quantitative estimate of drug-likeness (QED) is 0.391. The molecule has 31 heavy (non-hydrogen) atoms. The van der Waals surface area contributed by atoms with Crippen molar-refractivity contribution in [1.29, 1.82) is 0 Å². The third-order valence-electron chi connectivity index (χ3n) is 5.66. The van der Waals surface area contributed by atoms with Gasteiger partial charge in [-0.2, -0.15) is 0 Å². The second-order valence-electron chi connectivity index (χ2n) is 7.91. The second-order valence-corrected chi connectivity index (χ2v) is 7.91. The van der Waals surface area contributed by atoms with E-state index in [1.807, 2.05) is 72.8 Å². The summed E-state index contributed by atoms with van der Waals surface area (Å²) in [5, 5.41) is 8.11. The molecule has 1 atom stereocenters. The number of pyridine rings is 1. The molecule has 2 aromatic heterocycles. The maximum absolute atomic E-state index is 13.6. The molecule has 5 heteroatoms. The highest BCUT2D eigenvalue weighted by Crippen LogP contribution is 2.41. The van der Waals surface area contributed by atoms with Crippen LogP contribution in [0, 0.1) is 0 Å². The highest BCUT2D eigenvalue weighted by atomic mass is 16.5. The van der Waals surface area contributed by atoms with E-state index in [0.29, 0.717) is 34.7 Å². The van der Waals surface area contributed by atoms with Crippen LogP contribution >= 0.6 is 0 Å². The van der Waals surface area contributed by atoms with Crippen LogP contribution in [0.4, 0.5) is 0 Å². The van der Waals surface area contributed by atoms with Crippen LogP contribution in [0.25, 0.3) is 22.4 Å². The molecule has 0 unspecified atom stereocenters. The standard InChI is InChI=1S/C26H23N3O2/c1-2-9-21(17-10-5-3-6-11-17)27-25(30)20-16-22(18-14-15-18)28-26-23(20)24(29-31-26)19-12-7-4-8-13-19/h2-8,10-13,16,18,21H,1,9,14-15H2,(H,27,30)/t21-/m0/s1. The van der Waals surface area contributed by atoms with Crippen molar-refractivity contribution < 1.29 is 9.32 Å². The van der Waals surface area contributed by atoms with Crippen LogP contribution in [-0.2, 0) is 0 Å². The van der Waals surface area contributed by atoms with E-state index in [-0.39, 0.29) is 11.9 Å². The number of rotatable bonds is 7. The lowest BCUT2D eigenvalue weighted by molar-refractivity contribution is 0.0938. The molecule has 2 heterocycles. The summed E-state index contributed by atoms with van der Waals surface area (Å²) in [6, 6.07) is 21.4. The molecule has 0 saturated heterocycles. The highest BCUT2D eigenvalue weighted by molar-refractivity contribution is 6.09. The Kier molecular flexibility index (Phi) is 5.08. The summed E-state index contributed by atoms with van der Waals surface area (Å²) in [6.45, 7) is 3.86. The summed E-state index contributed by atoms with van der Waals surface area (Å²) in [5.41, 5.74) is 4.42. The monoisotopic (exact) mass is 409 g/mol. The Morgan fingerprint density at radius 2 is 1.84 bits per heavy atom. The van der Waals surface area contributed by atoms with E-state index in [2.05, 4.69) is 22.0 Å². The molecular weight excluding hydrogens is 386 g/mol. The van der Waals surface area contributed by atoms with Gasteiger partial charge in [0, 0.05) is 17.2 Å². The van der Waals surface area contributed by atoms with Crippen molar-refractivity contribution >= 4 is 17.0 Å². The van der Waals surface area contributed by atoms with Crippen molar-refractivity contribution in [3.8, 4) is 11.3 Å². The van der Waals surface area contributed by atoms with E-state index in [1.165, 1.54) is 0 Å². The Bertz CT molecular complexity index is 1230. The minimum absolute atomic E-state index is 0.162. The van der Waals surface area contributed by atoms with Gasteiger partial charge in [0.1, 0.15) is 5.69 Å². The number of aromatic nitrogens is 2. The molecule has 5 nitrogen and oxygen atoms in total. The molecule has 1 saturated carbocycles. The first-order chi connectivity index (χ1) is 15.2. The number of hydrogen-bond acceptors (Lipinski definition) is 4. The predicted octanol–water partition coefficient (Wildman–Crippen LogP) is 5.81. The van der Waals surface area contributed by atoms with Gasteiger partial charge >= 0.3 is 0 Å². The number of nitrogens with zero attached hydrogens (tertiary/aromatic N) is 2. The third kappa shape index (κ3) is 3.87. The van der Waals surface area contributed by atoms with Gasteiger partial charge in [-0.15, -0.1) is 6.58 Å². The molecule has 1 fully saturated rings. The minimum atomic E-state index is -0.168. The van der Waals surface area contributed by atoms with E-state index < -0.39 is 0 Å². The maximum atomic E-state index is 13.6. The van der Waals surface area contributed by atoms with Gasteiger partial charge in [0.25, 0.3) is 11.6 Å². The third-order valence-corrected chi connectivity index (χ3v) is 5.66. The zero-order valence-corrected chi connectivity index (χ0v) is 17.1. The molecule has 1 aliphatic rings. The van der Waals surface area contributed by atoms with E-state index in [1.54, 1.807) is 0 Å². The van der Waals surface area contributed by atoms with Crippen LogP contribution in [0.2, 0.25) is 0 Å². The number of benzene rings is 2. The van der Waals surface area contributed by atoms with Crippen molar-refractivity contribution in [1.82, 2.24) is 15.5 Å². The minimum Gasteiger partial charge on any atom is -0.345 e. The molecule has 5 rings (SSSR count). The molecule has 0 bridgehead atoms. The van der Waals surface area contributed by atoms with Crippen LogP contribution in [0.15, 0.2) is 83.9 Å². The van der Waals surface area contributed by atoms with E-state index in [4.69, 9.17) is 4.52 Å². The van der Waals surface area contributed by atoms with Crippen molar-refractivity contribution in [3.63, 3.8) is 0 Å².